The van der Waals surface area contributed by atoms with Crippen LogP contribution in [0.2, 0.25) is 10.0 Å². The van der Waals surface area contributed by atoms with Crippen LogP contribution in [-0.2, 0) is 0 Å². The third-order valence-electron chi connectivity index (χ3n) is 2.58. The van der Waals surface area contributed by atoms with Crippen LogP contribution in [0.15, 0.2) is 40.9 Å². The summed E-state index contributed by atoms with van der Waals surface area (Å²) in [6.45, 7) is 0. The first-order valence-electron chi connectivity index (χ1n) is 5.61. The number of benzene rings is 2. The van der Waals surface area contributed by atoms with E-state index in [9.17, 15) is 4.79 Å². The Kier molecular flexibility index (Phi) is 4.91. The SMILES string of the molecule is COc1ccc(NC(=O)c2cc(Cl)ccc2Cl)cc1Br. The van der Waals surface area contributed by atoms with Crippen molar-refractivity contribution in [2.75, 3.05) is 12.4 Å². The normalized spacial score (nSPS) is 10.2. The van der Waals surface area contributed by atoms with Crippen LogP contribution in [0, 0.1) is 0 Å². The molecule has 0 aromatic heterocycles. The van der Waals surface area contributed by atoms with E-state index in [2.05, 4.69) is 21.2 Å². The lowest BCUT2D eigenvalue weighted by Gasteiger charge is -2.09. The zero-order valence-electron chi connectivity index (χ0n) is 10.4. The van der Waals surface area contributed by atoms with Crippen LogP contribution in [-0.4, -0.2) is 13.0 Å². The Labute approximate surface area is 135 Å². The molecule has 1 amide bonds. The highest BCUT2D eigenvalue weighted by Crippen LogP contribution is 2.28. The van der Waals surface area contributed by atoms with Crippen molar-refractivity contribution in [2.45, 2.75) is 0 Å². The Morgan fingerprint density at radius 3 is 2.60 bits per heavy atom. The van der Waals surface area contributed by atoms with Crippen molar-refractivity contribution >= 4 is 50.7 Å². The van der Waals surface area contributed by atoms with Crippen LogP contribution in [0.25, 0.3) is 0 Å². The minimum absolute atomic E-state index is 0.324. The van der Waals surface area contributed by atoms with E-state index in [1.54, 1.807) is 37.4 Å². The summed E-state index contributed by atoms with van der Waals surface area (Å²) in [6, 6.07) is 9.97. The summed E-state index contributed by atoms with van der Waals surface area (Å²) in [6.07, 6.45) is 0. The molecule has 3 nitrogen and oxygen atoms in total. The summed E-state index contributed by atoms with van der Waals surface area (Å²) in [5, 5.41) is 3.55. The number of hydrogen-bond acceptors (Lipinski definition) is 2. The molecule has 0 aliphatic carbocycles. The second-order valence-corrected chi connectivity index (χ2v) is 5.63. The molecular weight excluding hydrogens is 365 g/mol. The molecule has 0 aliphatic heterocycles. The van der Waals surface area contributed by atoms with Gasteiger partial charge in [-0.2, -0.15) is 0 Å². The molecule has 0 bridgehead atoms. The summed E-state index contributed by atoms with van der Waals surface area (Å²) < 4.78 is 5.87. The zero-order valence-corrected chi connectivity index (χ0v) is 13.5. The maximum Gasteiger partial charge on any atom is 0.257 e. The molecule has 2 aromatic carbocycles. The molecule has 6 heteroatoms. The van der Waals surface area contributed by atoms with E-state index < -0.39 is 0 Å². The van der Waals surface area contributed by atoms with Crippen LogP contribution in [0.4, 0.5) is 5.69 Å². The van der Waals surface area contributed by atoms with Gasteiger partial charge in [-0.25, -0.2) is 0 Å². The highest BCUT2D eigenvalue weighted by Gasteiger charge is 2.12. The van der Waals surface area contributed by atoms with E-state index in [0.29, 0.717) is 27.0 Å². The van der Waals surface area contributed by atoms with Gasteiger partial charge in [-0.15, -0.1) is 0 Å². The predicted molar refractivity (Wildman–Crippen MR) is 85.1 cm³/mol. The van der Waals surface area contributed by atoms with Crippen molar-refractivity contribution in [2.24, 2.45) is 0 Å². The molecule has 0 saturated heterocycles. The third kappa shape index (κ3) is 3.45. The van der Waals surface area contributed by atoms with Gasteiger partial charge in [-0.3, -0.25) is 4.79 Å². The number of carbonyl (C=O) groups is 1. The number of rotatable bonds is 3. The maximum absolute atomic E-state index is 12.2. The Morgan fingerprint density at radius 2 is 1.95 bits per heavy atom. The van der Waals surface area contributed by atoms with Gasteiger partial charge < -0.3 is 10.1 Å². The monoisotopic (exact) mass is 373 g/mol. The lowest BCUT2D eigenvalue weighted by Crippen LogP contribution is -2.12. The molecular formula is C14H10BrCl2NO2. The fraction of sp³-hybridized carbons (Fsp3) is 0.0714. The van der Waals surface area contributed by atoms with Crippen molar-refractivity contribution in [3.63, 3.8) is 0 Å². The summed E-state index contributed by atoms with van der Waals surface area (Å²) in [5.74, 6) is 0.360. The first kappa shape index (κ1) is 15.2. The van der Waals surface area contributed by atoms with Crippen molar-refractivity contribution in [3.05, 3.63) is 56.5 Å². The molecule has 2 rings (SSSR count). The van der Waals surface area contributed by atoms with Crippen molar-refractivity contribution in [1.29, 1.82) is 0 Å². The van der Waals surface area contributed by atoms with Gasteiger partial charge in [0, 0.05) is 10.7 Å². The van der Waals surface area contributed by atoms with Crippen LogP contribution in [0.1, 0.15) is 10.4 Å². The fourth-order valence-corrected chi connectivity index (χ4v) is 2.53. The molecule has 2 aromatic rings. The van der Waals surface area contributed by atoms with Gasteiger partial charge in [0.15, 0.2) is 0 Å². The van der Waals surface area contributed by atoms with Gasteiger partial charge in [-0.05, 0) is 52.3 Å². The van der Waals surface area contributed by atoms with Gasteiger partial charge in [0.1, 0.15) is 5.75 Å². The quantitative estimate of drug-likeness (QED) is 0.819. The van der Waals surface area contributed by atoms with Gasteiger partial charge >= 0.3 is 0 Å². The number of amides is 1. The molecule has 0 saturated carbocycles. The van der Waals surface area contributed by atoms with Gasteiger partial charge in [-0.1, -0.05) is 23.2 Å². The topological polar surface area (TPSA) is 38.3 Å². The van der Waals surface area contributed by atoms with Gasteiger partial charge in [0.25, 0.3) is 5.91 Å². The number of halogens is 3. The van der Waals surface area contributed by atoms with Gasteiger partial charge in [0.05, 0.1) is 22.2 Å². The first-order valence-corrected chi connectivity index (χ1v) is 7.16. The van der Waals surface area contributed by atoms with E-state index in [0.717, 1.165) is 4.47 Å². The van der Waals surface area contributed by atoms with E-state index in [4.69, 9.17) is 27.9 Å². The minimum atomic E-state index is -0.324. The molecule has 0 spiro atoms. The molecule has 0 aliphatic rings. The Bertz CT molecular complexity index is 662. The van der Waals surface area contributed by atoms with E-state index in [1.807, 2.05) is 0 Å². The second kappa shape index (κ2) is 6.48. The molecule has 1 N–H and O–H groups in total. The summed E-state index contributed by atoms with van der Waals surface area (Å²) in [7, 11) is 1.57. The van der Waals surface area contributed by atoms with E-state index >= 15 is 0 Å². The lowest BCUT2D eigenvalue weighted by atomic mass is 10.2. The largest absolute Gasteiger partial charge is 0.496 e. The molecule has 0 heterocycles. The highest BCUT2D eigenvalue weighted by atomic mass is 79.9. The van der Waals surface area contributed by atoms with E-state index in [1.165, 1.54) is 6.07 Å². The number of hydrogen-bond donors (Lipinski definition) is 1. The van der Waals surface area contributed by atoms with Crippen LogP contribution < -0.4 is 10.1 Å². The Balaban J connectivity index is 2.23. The molecule has 20 heavy (non-hydrogen) atoms. The number of nitrogens with one attached hydrogen (secondary N) is 1. The smallest absolute Gasteiger partial charge is 0.257 e. The zero-order chi connectivity index (χ0) is 14.7. The fourth-order valence-electron chi connectivity index (χ4n) is 1.61. The van der Waals surface area contributed by atoms with Crippen LogP contribution in [0.3, 0.4) is 0 Å². The number of methoxy groups -OCH3 is 1. The Morgan fingerprint density at radius 1 is 1.20 bits per heavy atom. The standard InChI is InChI=1S/C14H10BrCl2NO2/c1-20-13-5-3-9(7-11(13)15)18-14(19)10-6-8(16)2-4-12(10)17/h2-7H,1H3,(H,18,19). The first-order chi connectivity index (χ1) is 9.51. The average Bonchev–Trinajstić information content (AvgIpc) is 2.41. The van der Waals surface area contributed by atoms with Crippen molar-refractivity contribution in [1.82, 2.24) is 0 Å². The van der Waals surface area contributed by atoms with Crippen LogP contribution in [0.5, 0.6) is 5.75 Å². The highest BCUT2D eigenvalue weighted by molar-refractivity contribution is 9.10. The number of carbonyl (C=O) groups excluding carboxylic acids is 1. The molecule has 0 unspecified atom stereocenters. The summed E-state index contributed by atoms with van der Waals surface area (Å²) >= 11 is 15.2. The maximum atomic E-state index is 12.2. The molecule has 104 valence electrons. The summed E-state index contributed by atoms with van der Waals surface area (Å²) in [4.78, 5) is 12.2. The predicted octanol–water partition coefficient (Wildman–Crippen LogP) is 5.02. The van der Waals surface area contributed by atoms with E-state index in [-0.39, 0.29) is 5.91 Å². The number of ether oxygens (including phenoxy) is 1. The van der Waals surface area contributed by atoms with Gasteiger partial charge in [0.2, 0.25) is 0 Å². The minimum Gasteiger partial charge on any atom is -0.496 e. The molecule has 0 radical (unpaired) electrons. The summed E-state index contributed by atoms with van der Waals surface area (Å²) in [5.41, 5.74) is 0.949. The third-order valence-corrected chi connectivity index (χ3v) is 3.77. The van der Waals surface area contributed by atoms with Crippen LogP contribution >= 0.6 is 39.1 Å². The Hall–Kier alpha value is -1.23. The number of anilines is 1. The lowest BCUT2D eigenvalue weighted by molar-refractivity contribution is 0.102. The van der Waals surface area contributed by atoms with Crippen molar-refractivity contribution < 1.29 is 9.53 Å². The van der Waals surface area contributed by atoms with Crippen molar-refractivity contribution in [3.8, 4) is 5.75 Å². The molecule has 0 atom stereocenters. The average molecular weight is 375 g/mol. The molecule has 0 fully saturated rings. The second-order valence-electron chi connectivity index (χ2n) is 3.93.